The molecule has 296 valence electrons. The van der Waals surface area contributed by atoms with Gasteiger partial charge in [0.05, 0.1) is 0 Å². The Morgan fingerprint density at radius 3 is 1.57 bits per heavy atom. The largest absolute Gasteiger partial charge is 0.456 e. The maximum absolute atomic E-state index is 6.47. The van der Waals surface area contributed by atoms with Gasteiger partial charge in [-0.1, -0.05) is 123 Å². The Balaban J connectivity index is 0.964. The van der Waals surface area contributed by atoms with Crippen LogP contribution in [0.3, 0.4) is 0 Å². The van der Waals surface area contributed by atoms with Crippen molar-refractivity contribution in [3.8, 4) is 44.5 Å². The lowest BCUT2D eigenvalue weighted by atomic mass is 9.73. The van der Waals surface area contributed by atoms with Gasteiger partial charge in [-0.3, -0.25) is 0 Å². The zero-order chi connectivity index (χ0) is 40.7. The smallest absolute Gasteiger partial charge is 0.137 e. The molecular formula is C59H49NO. The van der Waals surface area contributed by atoms with E-state index in [9.17, 15) is 0 Å². The average molecular weight is 788 g/mol. The van der Waals surface area contributed by atoms with Crippen molar-refractivity contribution in [2.75, 3.05) is 4.90 Å². The fourth-order valence-corrected chi connectivity index (χ4v) is 11.3. The zero-order valence-corrected chi connectivity index (χ0v) is 35.1. The van der Waals surface area contributed by atoms with Gasteiger partial charge in [-0.2, -0.15) is 0 Å². The van der Waals surface area contributed by atoms with Crippen LogP contribution < -0.4 is 4.90 Å². The molecule has 0 radical (unpaired) electrons. The van der Waals surface area contributed by atoms with E-state index in [1.807, 2.05) is 6.07 Å². The lowest BCUT2D eigenvalue weighted by Gasteiger charge is -2.32. The van der Waals surface area contributed by atoms with Crippen molar-refractivity contribution in [2.45, 2.75) is 70.6 Å². The minimum atomic E-state index is -0.0390. The van der Waals surface area contributed by atoms with Crippen LogP contribution in [0.15, 0.2) is 168 Å². The van der Waals surface area contributed by atoms with Gasteiger partial charge >= 0.3 is 0 Å². The monoisotopic (exact) mass is 787 g/mol. The third-order valence-corrected chi connectivity index (χ3v) is 14.3. The number of para-hydroxylation sites is 1. The molecule has 0 bridgehead atoms. The fraction of sp³-hybridized carbons (Fsp3) is 0.186. The summed E-state index contributed by atoms with van der Waals surface area (Å²) in [6.45, 7) is 4.71. The zero-order valence-electron chi connectivity index (χ0n) is 35.1. The van der Waals surface area contributed by atoms with Gasteiger partial charge in [0.15, 0.2) is 0 Å². The number of furan rings is 1. The van der Waals surface area contributed by atoms with Gasteiger partial charge in [-0.05, 0) is 178 Å². The third kappa shape index (κ3) is 5.83. The number of benzene rings is 8. The van der Waals surface area contributed by atoms with Gasteiger partial charge in [0.1, 0.15) is 11.2 Å². The Hall–Kier alpha value is -6.64. The summed E-state index contributed by atoms with van der Waals surface area (Å²) >= 11 is 0. The van der Waals surface area contributed by atoms with E-state index in [1.54, 1.807) is 27.8 Å². The Morgan fingerprint density at radius 1 is 0.393 bits per heavy atom. The van der Waals surface area contributed by atoms with Crippen molar-refractivity contribution in [3.63, 3.8) is 0 Å². The Labute approximate surface area is 359 Å². The van der Waals surface area contributed by atoms with Gasteiger partial charge in [0.2, 0.25) is 0 Å². The van der Waals surface area contributed by atoms with Crippen molar-refractivity contribution in [1.82, 2.24) is 0 Å². The van der Waals surface area contributed by atoms with E-state index in [0.717, 1.165) is 51.8 Å². The van der Waals surface area contributed by atoms with E-state index in [2.05, 4.69) is 176 Å². The first-order valence-electron chi connectivity index (χ1n) is 22.4. The van der Waals surface area contributed by atoms with E-state index in [-0.39, 0.29) is 5.41 Å². The van der Waals surface area contributed by atoms with Crippen LogP contribution in [0, 0.1) is 0 Å². The Kier molecular flexibility index (Phi) is 8.46. The minimum absolute atomic E-state index is 0.0390. The van der Waals surface area contributed by atoms with Crippen molar-refractivity contribution in [2.24, 2.45) is 0 Å². The molecule has 0 spiro atoms. The number of hydrogen-bond donors (Lipinski definition) is 0. The second-order valence-electron chi connectivity index (χ2n) is 18.1. The second-order valence-corrected chi connectivity index (χ2v) is 18.1. The number of hydrogen-bond acceptors (Lipinski definition) is 2. The minimum Gasteiger partial charge on any atom is -0.456 e. The van der Waals surface area contributed by atoms with Crippen molar-refractivity contribution in [1.29, 1.82) is 0 Å². The van der Waals surface area contributed by atoms with E-state index >= 15 is 0 Å². The summed E-state index contributed by atoms with van der Waals surface area (Å²) in [4.78, 5) is 2.39. The maximum atomic E-state index is 6.47. The normalized spacial score (nSPS) is 15.0. The highest BCUT2D eigenvalue weighted by Crippen LogP contribution is 2.50. The molecule has 12 rings (SSSR count). The average Bonchev–Trinajstić information content (AvgIpc) is 3.80. The van der Waals surface area contributed by atoms with Crippen LogP contribution in [-0.2, 0) is 31.1 Å². The molecule has 1 aromatic heterocycles. The van der Waals surface area contributed by atoms with Gasteiger partial charge in [0.25, 0.3) is 0 Å². The molecule has 0 amide bonds. The van der Waals surface area contributed by atoms with Gasteiger partial charge in [0, 0.05) is 39.3 Å². The fourth-order valence-electron chi connectivity index (χ4n) is 11.3. The van der Waals surface area contributed by atoms with Gasteiger partial charge in [-0.15, -0.1) is 0 Å². The molecule has 1 heterocycles. The highest BCUT2D eigenvalue weighted by Gasteiger charge is 2.35. The Morgan fingerprint density at radius 2 is 0.902 bits per heavy atom. The Bertz CT molecular complexity index is 3110. The first kappa shape index (κ1) is 36.2. The molecule has 0 N–H and O–H groups in total. The summed E-state index contributed by atoms with van der Waals surface area (Å²) in [7, 11) is 0. The molecule has 0 fully saturated rings. The van der Waals surface area contributed by atoms with Crippen LogP contribution in [0.5, 0.6) is 0 Å². The maximum Gasteiger partial charge on any atom is 0.137 e. The summed E-state index contributed by atoms with van der Waals surface area (Å²) in [5.41, 5.74) is 25.3. The molecule has 8 aromatic carbocycles. The van der Waals surface area contributed by atoms with Crippen LogP contribution in [0.2, 0.25) is 0 Å². The van der Waals surface area contributed by atoms with E-state index < -0.39 is 0 Å². The van der Waals surface area contributed by atoms with Gasteiger partial charge < -0.3 is 9.32 Å². The molecule has 3 aliphatic carbocycles. The molecule has 0 saturated carbocycles. The SMILES string of the molecule is CC1(C)c2ccccc2-c2ccc(-c3ccc(N(c4ccc(-c5c6c(c(-c7ccccc7)c7c5CCCC7)CCCC6)cc4)c4ccc5c(c4)oc4ccccc45)cc3)cc21. The molecule has 9 aromatic rings. The predicted octanol–water partition coefficient (Wildman–Crippen LogP) is 16.1. The summed E-state index contributed by atoms with van der Waals surface area (Å²) < 4.78 is 6.47. The lowest BCUT2D eigenvalue weighted by Crippen LogP contribution is -2.15. The first-order chi connectivity index (χ1) is 30.0. The van der Waals surface area contributed by atoms with E-state index in [4.69, 9.17) is 4.42 Å². The standard InChI is InChI=1S/C59H49NO/c1-59(2)53-22-12-10-16-45(53)46-34-28-41(36-54(46)59)38-24-29-42(30-25-38)60(44-33-35-48-47-17-11-13-23-55(47)61-56(48)37-44)43-31-26-40(27-32-43)58-51-20-8-6-18-49(51)57(39-14-4-3-5-15-39)50-19-7-9-21-52(50)58/h3-5,10-17,22-37H,6-9,18-21H2,1-2H3. The number of nitrogens with zero attached hydrogens (tertiary/aromatic N) is 1. The summed E-state index contributed by atoms with van der Waals surface area (Å²) in [6, 6.07) is 60.9. The van der Waals surface area contributed by atoms with E-state index in [1.165, 1.54) is 88.6 Å². The molecule has 2 nitrogen and oxygen atoms in total. The lowest BCUT2D eigenvalue weighted by molar-refractivity contribution is 0.660. The highest BCUT2D eigenvalue weighted by molar-refractivity contribution is 6.06. The number of fused-ring (bicyclic) bond motifs is 8. The highest BCUT2D eigenvalue weighted by atomic mass is 16.3. The summed E-state index contributed by atoms with van der Waals surface area (Å²) in [6.07, 6.45) is 9.71. The third-order valence-electron chi connectivity index (χ3n) is 14.3. The molecule has 61 heavy (non-hydrogen) atoms. The van der Waals surface area contributed by atoms with Crippen LogP contribution in [0.4, 0.5) is 17.1 Å². The number of anilines is 3. The van der Waals surface area contributed by atoms with Crippen molar-refractivity contribution >= 4 is 39.0 Å². The van der Waals surface area contributed by atoms with Crippen LogP contribution in [0.25, 0.3) is 66.4 Å². The first-order valence-corrected chi connectivity index (χ1v) is 22.4. The summed E-state index contributed by atoms with van der Waals surface area (Å²) in [5.74, 6) is 0. The molecule has 3 aliphatic rings. The van der Waals surface area contributed by atoms with Crippen LogP contribution in [-0.4, -0.2) is 0 Å². The molecule has 0 unspecified atom stereocenters. The molecule has 2 heteroatoms. The van der Waals surface area contributed by atoms with Crippen LogP contribution in [0.1, 0.15) is 72.9 Å². The van der Waals surface area contributed by atoms with Crippen molar-refractivity contribution < 1.29 is 4.42 Å². The van der Waals surface area contributed by atoms with Crippen LogP contribution >= 0.6 is 0 Å². The summed E-state index contributed by atoms with van der Waals surface area (Å²) in [5, 5.41) is 2.29. The molecule has 0 atom stereocenters. The quantitative estimate of drug-likeness (QED) is 0.167. The topological polar surface area (TPSA) is 16.4 Å². The molecule has 0 aliphatic heterocycles. The second kappa shape index (κ2) is 14.2. The number of rotatable bonds is 6. The molecule has 0 saturated heterocycles. The van der Waals surface area contributed by atoms with E-state index in [0.29, 0.717) is 0 Å². The van der Waals surface area contributed by atoms with Crippen molar-refractivity contribution in [3.05, 3.63) is 197 Å². The molecular weight excluding hydrogens is 739 g/mol. The van der Waals surface area contributed by atoms with Gasteiger partial charge in [-0.25, -0.2) is 0 Å². The predicted molar refractivity (Wildman–Crippen MR) is 256 cm³/mol.